The Kier molecular flexibility index (Phi) is 3.43. The standard InChI is InChI=1S/C25H15N7/c1-3-10-20-16(6-1)12-14-22-24(27-29-31(20)22)18-8-5-9-19(26-18)25-23-15-13-17-7-2-4-11-21(17)32(23)30-28-25/h1-15H. The van der Waals surface area contributed by atoms with Crippen molar-refractivity contribution in [2.75, 3.05) is 0 Å². The molecule has 0 saturated carbocycles. The van der Waals surface area contributed by atoms with Gasteiger partial charge in [-0.2, -0.15) is 0 Å². The molecule has 0 aliphatic carbocycles. The average Bonchev–Trinajstić information content (AvgIpc) is 3.49. The van der Waals surface area contributed by atoms with E-state index in [0.29, 0.717) is 0 Å². The Morgan fingerprint density at radius 3 is 1.47 bits per heavy atom. The highest BCUT2D eigenvalue weighted by Gasteiger charge is 2.16. The van der Waals surface area contributed by atoms with Crippen molar-refractivity contribution in [3.8, 4) is 22.8 Å². The number of aromatic nitrogens is 7. The molecule has 7 nitrogen and oxygen atoms in total. The number of fused-ring (bicyclic) bond motifs is 6. The molecule has 5 aromatic heterocycles. The predicted octanol–water partition coefficient (Wildman–Crippen LogP) is 4.81. The summed E-state index contributed by atoms with van der Waals surface area (Å²) in [6, 6.07) is 30.3. The molecule has 0 atom stereocenters. The van der Waals surface area contributed by atoms with Gasteiger partial charge in [0.1, 0.15) is 11.4 Å². The molecular formula is C25H15N7. The van der Waals surface area contributed by atoms with E-state index in [1.165, 1.54) is 0 Å². The van der Waals surface area contributed by atoms with Crippen LogP contribution in [-0.4, -0.2) is 34.6 Å². The van der Waals surface area contributed by atoms with Gasteiger partial charge in [0.15, 0.2) is 0 Å². The molecular weight excluding hydrogens is 398 g/mol. The minimum absolute atomic E-state index is 0.736. The summed E-state index contributed by atoms with van der Waals surface area (Å²) in [5.41, 5.74) is 6.80. The first-order valence-corrected chi connectivity index (χ1v) is 10.3. The van der Waals surface area contributed by atoms with Gasteiger partial charge in [0, 0.05) is 10.8 Å². The Bertz CT molecular complexity index is 1670. The van der Waals surface area contributed by atoms with Crippen LogP contribution in [0.1, 0.15) is 0 Å². The summed E-state index contributed by atoms with van der Waals surface area (Å²) in [5.74, 6) is 0. The monoisotopic (exact) mass is 413 g/mol. The van der Waals surface area contributed by atoms with E-state index in [0.717, 1.165) is 55.6 Å². The molecule has 7 aromatic rings. The van der Waals surface area contributed by atoms with Crippen molar-refractivity contribution in [2.24, 2.45) is 0 Å². The lowest BCUT2D eigenvalue weighted by molar-refractivity contribution is 0.882. The quantitative estimate of drug-likeness (QED) is 0.407. The first kappa shape index (κ1) is 17.1. The van der Waals surface area contributed by atoms with Crippen LogP contribution in [0.25, 0.3) is 55.6 Å². The molecule has 7 rings (SSSR count). The number of pyridine rings is 3. The lowest BCUT2D eigenvalue weighted by Crippen LogP contribution is -1.91. The van der Waals surface area contributed by atoms with Crippen molar-refractivity contribution >= 4 is 32.8 Å². The van der Waals surface area contributed by atoms with Gasteiger partial charge in [0.2, 0.25) is 0 Å². The summed E-state index contributed by atoms with van der Waals surface area (Å²) in [5, 5.41) is 19.9. The first-order chi connectivity index (χ1) is 15.9. The van der Waals surface area contributed by atoms with Crippen LogP contribution in [0.3, 0.4) is 0 Å². The van der Waals surface area contributed by atoms with E-state index in [1.807, 2.05) is 75.8 Å². The Hall–Kier alpha value is -4.65. The van der Waals surface area contributed by atoms with Crippen LogP contribution >= 0.6 is 0 Å². The number of nitrogens with zero attached hydrogens (tertiary/aromatic N) is 7. The second-order valence-corrected chi connectivity index (χ2v) is 7.66. The van der Waals surface area contributed by atoms with Crippen LogP contribution in [0.4, 0.5) is 0 Å². The molecule has 0 radical (unpaired) electrons. The molecule has 0 aliphatic heterocycles. The molecule has 5 heterocycles. The fourth-order valence-corrected chi connectivity index (χ4v) is 4.28. The van der Waals surface area contributed by atoms with Gasteiger partial charge < -0.3 is 0 Å². The van der Waals surface area contributed by atoms with E-state index in [1.54, 1.807) is 0 Å². The summed E-state index contributed by atoms with van der Waals surface area (Å²) in [7, 11) is 0. The molecule has 2 aromatic carbocycles. The molecule has 7 heteroatoms. The summed E-state index contributed by atoms with van der Waals surface area (Å²) in [4.78, 5) is 4.89. The van der Waals surface area contributed by atoms with E-state index in [-0.39, 0.29) is 0 Å². The van der Waals surface area contributed by atoms with Gasteiger partial charge in [-0.1, -0.05) is 65.0 Å². The number of rotatable bonds is 2. The SMILES string of the molecule is c1cc(-c2nnn3c2ccc2ccccc23)nc(-c2nnn3c2ccc2ccccc23)c1. The van der Waals surface area contributed by atoms with E-state index >= 15 is 0 Å². The molecule has 0 spiro atoms. The number of benzene rings is 2. The minimum Gasteiger partial charge on any atom is -0.244 e. The smallest absolute Gasteiger partial charge is 0.139 e. The van der Waals surface area contributed by atoms with Gasteiger partial charge in [-0.25, -0.2) is 14.0 Å². The number of para-hydroxylation sites is 2. The van der Waals surface area contributed by atoms with E-state index in [9.17, 15) is 0 Å². The van der Waals surface area contributed by atoms with E-state index < -0.39 is 0 Å². The van der Waals surface area contributed by atoms with Gasteiger partial charge >= 0.3 is 0 Å². The van der Waals surface area contributed by atoms with Crippen molar-refractivity contribution < 1.29 is 0 Å². The normalized spacial score (nSPS) is 11.8. The number of hydrogen-bond acceptors (Lipinski definition) is 5. The largest absolute Gasteiger partial charge is 0.244 e. The molecule has 150 valence electrons. The number of hydrogen-bond donors (Lipinski definition) is 0. The summed E-state index contributed by atoms with van der Waals surface area (Å²) >= 11 is 0. The fourth-order valence-electron chi connectivity index (χ4n) is 4.28. The van der Waals surface area contributed by atoms with Gasteiger partial charge in [0.05, 0.1) is 33.5 Å². The predicted molar refractivity (Wildman–Crippen MR) is 123 cm³/mol. The fraction of sp³-hybridized carbons (Fsp3) is 0. The lowest BCUT2D eigenvalue weighted by atomic mass is 10.1. The zero-order valence-corrected chi connectivity index (χ0v) is 16.8. The maximum absolute atomic E-state index is 4.89. The molecule has 0 aliphatic rings. The zero-order valence-electron chi connectivity index (χ0n) is 16.8. The Balaban J connectivity index is 1.41. The third-order valence-electron chi connectivity index (χ3n) is 5.82. The van der Waals surface area contributed by atoms with Crippen LogP contribution in [0.15, 0.2) is 91.0 Å². The van der Waals surface area contributed by atoms with Crippen LogP contribution in [0.2, 0.25) is 0 Å². The van der Waals surface area contributed by atoms with Crippen molar-refractivity contribution in [2.45, 2.75) is 0 Å². The molecule has 0 amide bonds. The lowest BCUT2D eigenvalue weighted by Gasteiger charge is -2.03. The Labute approximate surface area is 181 Å². The Morgan fingerprint density at radius 1 is 0.438 bits per heavy atom. The van der Waals surface area contributed by atoms with E-state index in [4.69, 9.17) is 4.98 Å². The third-order valence-corrected chi connectivity index (χ3v) is 5.82. The highest BCUT2D eigenvalue weighted by atomic mass is 15.4. The first-order valence-electron chi connectivity index (χ1n) is 10.3. The van der Waals surface area contributed by atoms with Crippen LogP contribution in [-0.2, 0) is 0 Å². The summed E-state index contributed by atoms with van der Waals surface area (Å²) < 4.78 is 3.72. The summed E-state index contributed by atoms with van der Waals surface area (Å²) in [6.07, 6.45) is 0. The molecule has 0 saturated heterocycles. The molecule has 0 fully saturated rings. The second-order valence-electron chi connectivity index (χ2n) is 7.66. The highest BCUT2D eigenvalue weighted by Crippen LogP contribution is 2.28. The molecule has 0 unspecified atom stereocenters. The summed E-state index contributed by atoms with van der Waals surface area (Å²) in [6.45, 7) is 0. The molecule has 0 N–H and O–H groups in total. The van der Waals surface area contributed by atoms with Crippen LogP contribution in [0, 0.1) is 0 Å². The highest BCUT2D eigenvalue weighted by molar-refractivity contribution is 5.88. The van der Waals surface area contributed by atoms with Crippen molar-refractivity contribution in [1.29, 1.82) is 0 Å². The van der Waals surface area contributed by atoms with Crippen LogP contribution < -0.4 is 0 Å². The molecule has 32 heavy (non-hydrogen) atoms. The third kappa shape index (κ3) is 2.39. The van der Waals surface area contributed by atoms with E-state index in [2.05, 4.69) is 44.9 Å². The van der Waals surface area contributed by atoms with Gasteiger partial charge in [-0.15, -0.1) is 10.2 Å². The zero-order chi connectivity index (χ0) is 21.1. The topological polar surface area (TPSA) is 73.3 Å². The van der Waals surface area contributed by atoms with Gasteiger partial charge in [-0.05, 0) is 36.4 Å². The van der Waals surface area contributed by atoms with Crippen molar-refractivity contribution in [1.82, 2.24) is 34.6 Å². The minimum atomic E-state index is 0.736. The Morgan fingerprint density at radius 2 is 0.938 bits per heavy atom. The van der Waals surface area contributed by atoms with Gasteiger partial charge in [-0.3, -0.25) is 0 Å². The van der Waals surface area contributed by atoms with Crippen LogP contribution in [0.5, 0.6) is 0 Å². The second kappa shape index (κ2) is 6.42. The average molecular weight is 413 g/mol. The van der Waals surface area contributed by atoms with Crippen molar-refractivity contribution in [3.05, 3.63) is 91.0 Å². The maximum Gasteiger partial charge on any atom is 0.139 e. The maximum atomic E-state index is 4.89. The van der Waals surface area contributed by atoms with Gasteiger partial charge in [0.25, 0.3) is 0 Å². The molecule has 0 bridgehead atoms. The van der Waals surface area contributed by atoms with Crippen molar-refractivity contribution in [3.63, 3.8) is 0 Å².